The second-order valence-electron chi connectivity index (χ2n) is 6.49. The van der Waals surface area contributed by atoms with Gasteiger partial charge in [-0.25, -0.2) is 0 Å². The number of benzene rings is 1. The quantitative estimate of drug-likeness (QED) is 0.592. The number of β-amino-alcohol motifs (C(OH)–C–C–N with tert-alkyl or cyclic N) is 1. The Morgan fingerprint density at radius 1 is 1.39 bits per heavy atom. The summed E-state index contributed by atoms with van der Waals surface area (Å²) in [5, 5.41) is 28.1. The molecule has 0 bridgehead atoms. The number of carbonyl (C=O) groups is 2. The Kier molecular flexibility index (Phi) is 7.98. The molecular formula is C19H24ClN3O5. The first-order chi connectivity index (χ1) is 13.3. The molecule has 3 rings (SSSR count). The molecule has 1 aliphatic heterocycles. The number of aliphatic hydroxyl groups is 1. The highest BCUT2D eigenvalue weighted by atomic mass is 35.5. The topological polar surface area (TPSA) is 125 Å². The summed E-state index contributed by atoms with van der Waals surface area (Å²) in [4.78, 5) is 21.5. The number of carboxylic acids is 1. The zero-order valence-corrected chi connectivity index (χ0v) is 16.3. The molecule has 4 N–H and O–H groups in total. The molecular weight excluding hydrogens is 386 g/mol. The van der Waals surface area contributed by atoms with Gasteiger partial charge < -0.3 is 25.4 Å². The van der Waals surface area contributed by atoms with Crippen LogP contribution in [0.5, 0.6) is 0 Å². The molecule has 1 fully saturated rings. The van der Waals surface area contributed by atoms with Crippen molar-refractivity contribution in [1.82, 2.24) is 15.8 Å². The van der Waals surface area contributed by atoms with E-state index in [1.807, 2.05) is 30.3 Å². The van der Waals surface area contributed by atoms with Gasteiger partial charge in [0.25, 0.3) is 5.97 Å². The fourth-order valence-electron chi connectivity index (χ4n) is 3.11. The van der Waals surface area contributed by atoms with Crippen LogP contribution >= 0.6 is 11.6 Å². The Labute approximate surface area is 167 Å². The Morgan fingerprint density at radius 2 is 2.07 bits per heavy atom. The van der Waals surface area contributed by atoms with E-state index < -0.39 is 17.6 Å². The Balaban J connectivity index is 0.000000640. The summed E-state index contributed by atoms with van der Waals surface area (Å²) in [5.74, 6) is -0.415. The molecule has 2 aromatic rings. The van der Waals surface area contributed by atoms with Gasteiger partial charge in [-0.05, 0) is 18.5 Å². The van der Waals surface area contributed by atoms with E-state index in [-0.39, 0.29) is 17.5 Å². The predicted octanol–water partition coefficient (Wildman–Crippen LogP) is 1.72. The monoisotopic (exact) mass is 409 g/mol. The summed E-state index contributed by atoms with van der Waals surface area (Å²) in [6.45, 7) is 2.25. The van der Waals surface area contributed by atoms with Gasteiger partial charge in [-0.2, -0.15) is 0 Å². The van der Waals surface area contributed by atoms with Crippen molar-refractivity contribution < 1.29 is 24.3 Å². The summed E-state index contributed by atoms with van der Waals surface area (Å²) in [7, 11) is 0. The standard InChI is InChI=1S/C17H20ClN3O3.C2H4O2/c18-15-10-13(24-21-15)6-7-16(23)20-17(8-9-19-11-14(17)22)12-4-2-1-3-5-12;1-2(3)4/h1-5,10,14,19,22H,6-9,11H2,(H,20,23);1H3,(H,3,4)/t14-,17-;/m1./s1. The minimum absolute atomic E-state index is 0.146. The lowest BCUT2D eigenvalue weighted by atomic mass is 9.79. The second kappa shape index (κ2) is 10.2. The molecule has 0 spiro atoms. The first-order valence-electron chi connectivity index (χ1n) is 8.89. The summed E-state index contributed by atoms with van der Waals surface area (Å²) >= 11 is 5.71. The number of aromatic nitrogens is 1. The van der Waals surface area contributed by atoms with Gasteiger partial charge >= 0.3 is 0 Å². The number of nitrogens with one attached hydrogen (secondary N) is 2. The van der Waals surface area contributed by atoms with Crippen molar-refractivity contribution in [2.45, 2.75) is 37.8 Å². The van der Waals surface area contributed by atoms with Crippen molar-refractivity contribution in [1.29, 1.82) is 0 Å². The third-order valence-corrected chi connectivity index (χ3v) is 4.56. The number of aliphatic carboxylic acids is 1. The maximum atomic E-state index is 12.5. The molecule has 0 unspecified atom stereocenters. The maximum absolute atomic E-state index is 12.5. The van der Waals surface area contributed by atoms with Crippen LogP contribution in [0.4, 0.5) is 0 Å². The molecule has 2 atom stereocenters. The smallest absolute Gasteiger partial charge is 0.300 e. The molecule has 28 heavy (non-hydrogen) atoms. The van der Waals surface area contributed by atoms with E-state index in [0.29, 0.717) is 25.1 Å². The van der Waals surface area contributed by atoms with Crippen LogP contribution in [0, 0.1) is 0 Å². The number of aliphatic hydroxyl groups excluding tert-OH is 1. The average Bonchev–Trinajstić information content (AvgIpc) is 3.08. The van der Waals surface area contributed by atoms with Crippen molar-refractivity contribution in [2.75, 3.05) is 13.1 Å². The molecule has 8 nitrogen and oxygen atoms in total. The number of carbonyl (C=O) groups excluding carboxylic acids is 1. The molecule has 0 radical (unpaired) electrons. The van der Waals surface area contributed by atoms with E-state index in [1.165, 1.54) is 0 Å². The lowest BCUT2D eigenvalue weighted by molar-refractivity contribution is -0.134. The molecule has 1 aromatic heterocycles. The number of amides is 1. The summed E-state index contributed by atoms with van der Waals surface area (Å²) in [6, 6.07) is 11.2. The molecule has 0 saturated carbocycles. The third-order valence-electron chi connectivity index (χ3n) is 4.38. The molecule has 1 aliphatic rings. The van der Waals surface area contributed by atoms with E-state index >= 15 is 0 Å². The minimum atomic E-state index is -0.833. The third kappa shape index (κ3) is 6.05. The Bertz CT molecular complexity index is 779. The number of rotatable bonds is 5. The van der Waals surface area contributed by atoms with Gasteiger partial charge in [-0.15, -0.1) is 0 Å². The van der Waals surface area contributed by atoms with E-state index in [9.17, 15) is 9.90 Å². The number of halogens is 1. The van der Waals surface area contributed by atoms with Crippen molar-refractivity contribution in [2.24, 2.45) is 0 Å². The molecule has 1 amide bonds. The number of hydrogen-bond donors (Lipinski definition) is 4. The van der Waals surface area contributed by atoms with Gasteiger partial charge in [0.15, 0.2) is 5.15 Å². The highest BCUT2D eigenvalue weighted by Gasteiger charge is 2.42. The van der Waals surface area contributed by atoms with Crippen LogP contribution in [0.25, 0.3) is 0 Å². The van der Waals surface area contributed by atoms with Crippen LogP contribution in [0.3, 0.4) is 0 Å². The SMILES string of the molecule is CC(=O)O.O=C(CCc1cc(Cl)no1)N[C@@]1(c2ccccc2)CCNC[C@H]1O. The zero-order chi connectivity index (χ0) is 20.6. The number of hydrogen-bond acceptors (Lipinski definition) is 6. The van der Waals surface area contributed by atoms with Crippen molar-refractivity contribution in [3.8, 4) is 0 Å². The van der Waals surface area contributed by atoms with Crippen LogP contribution in [-0.2, 0) is 21.5 Å². The maximum Gasteiger partial charge on any atom is 0.300 e. The lowest BCUT2D eigenvalue weighted by Gasteiger charge is -2.43. The highest BCUT2D eigenvalue weighted by molar-refractivity contribution is 6.29. The Hall–Kier alpha value is -2.42. The normalized spacial score (nSPS) is 21.3. The lowest BCUT2D eigenvalue weighted by Crippen LogP contribution is -2.61. The molecule has 152 valence electrons. The van der Waals surface area contributed by atoms with Gasteiger partial charge in [0.2, 0.25) is 5.91 Å². The van der Waals surface area contributed by atoms with Gasteiger partial charge in [-0.1, -0.05) is 47.1 Å². The van der Waals surface area contributed by atoms with Crippen molar-refractivity contribution >= 4 is 23.5 Å². The summed E-state index contributed by atoms with van der Waals surface area (Å²) in [6.07, 6.45) is 0.570. The van der Waals surface area contributed by atoms with Gasteiger partial charge in [0.1, 0.15) is 5.76 Å². The fraction of sp³-hybridized carbons (Fsp3) is 0.421. The van der Waals surface area contributed by atoms with Crippen LogP contribution in [0.2, 0.25) is 5.15 Å². The highest BCUT2D eigenvalue weighted by Crippen LogP contribution is 2.31. The van der Waals surface area contributed by atoms with Crippen LogP contribution in [-0.4, -0.2) is 46.4 Å². The van der Waals surface area contributed by atoms with E-state index in [2.05, 4.69) is 15.8 Å². The van der Waals surface area contributed by atoms with Gasteiger partial charge in [0, 0.05) is 32.4 Å². The largest absolute Gasteiger partial charge is 0.481 e. The van der Waals surface area contributed by atoms with E-state index in [4.69, 9.17) is 26.0 Å². The fourth-order valence-corrected chi connectivity index (χ4v) is 3.27. The number of aryl methyl sites for hydroxylation is 1. The van der Waals surface area contributed by atoms with Crippen molar-refractivity contribution in [3.05, 3.63) is 52.9 Å². The number of piperidine rings is 1. The average molecular weight is 410 g/mol. The predicted molar refractivity (Wildman–Crippen MR) is 103 cm³/mol. The number of nitrogens with zero attached hydrogens (tertiary/aromatic N) is 1. The van der Waals surface area contributed by atoms with E-state index in [1.54, 1.807) is 6.07 Å². The van der Waals surface area contributed by atoms with E-state index in [0.717, 1.165) is 19.0 Å². The first kappa shape index (κ1) is 21.9. The number of carboxylic acid groups (broad SMARTS) is 1. The van der Waals surface area contributed by atoms with Crippen LogP contribution < -0.4 is 10.6 Å². The molecule has 1 saturated heterocycles. The molecule has 0 aliphatic carbocycles. The molecule has 1 aromatic carbocycles. The summed E-state index contributed by atoms with van der Waals surface area (Å²) in [5.41, 5.74) is 0.137. The first-order valence-corrected chi connectivity index (χ1v) is 9.27. The molecule has 2 heterocycles. The van der Waals surface area contributed by atoms with Gasteiger partial charge in [-0.3, -0.25) is 9.59 Å². The van der Waals surface area contributed by atoms with Crippen molar-refractivity contribution in [3.63, 3.8) is 0 Å². The zero-order valence-electron chi connectivity index (χ0n) is 15.5. The van der Waals surface area contributed by atoms with Crippen LogP contribution in [0.15, 0.2) is 40.9 Å². The summed E-state index contributed by atoms with van der Waals surface area (Å²) < 4.78 is 5.01. The minimum Gasteiger partial charge on any atom is -0.481 e. The Morgan fingerprint density at radius 3 is 2.64 bits per heavy atom. The van der Waals surface area contributed by atoms with Crippen LogP contribution in [0.1, 0.15) is 31.1 Å². The molecule has 9 heteroatoms. The second-order valence-corrected chi connectivity index (χ2v) is 6.88. The van der Waals surface area contributed by atoms with Gasteiger partial charge in [0.05, 0.1) is 11.6 Å².